The molecule has 1 amide bonds. The first-order valence-electron chi connectivity index (χ1n) is 11.6. The van der Waals surface area contributed by atoms with Gasteiger partial charge in [0.05, 0.1) is 25.6 Å². The fourth-order valence-electron chi connectivity index (χ4n) is 3.39. The lowest BCUT2D eigenvalue weighted by molar-refractivity contribution is -0.149. The monoisotopic (exact) mass is 551 g/mol. The number of imidazole rings is 1. The largest absolute Gasteiger partial charge is 0.464 e. The number of amides is 1. The van der Waals surface area contributed by atoms with Crippen molar-refractivity contribution >= 4 is 47.9 Å². The lowest BCUT2D eigenvalue weighted by Gasteiger charge is -2.31. The third-order valence-corrected chi connectivity index (χ3v) is 7.47. The van der Waals surface area contributed by atoms with Gasteiger partial charge in [-0.2, -0.15) is 0 Å². The second-order valence-electron chi connectivity index (χ2n) is 8.99. The summed E-state index contributed by atoms with van der Waals surface area (Å²) in [5.41, 5.74) is 5.70. The first kappa shape index (κ1) is 28.5. The molecule has 0 saturated carbocycles. The van der Waals surface area contributed by atoms with E-state index in [-0.39, 0.29) is 18.0 Å². The minimum atomic E-state index is -3.84. The van der Waals surface area contributed by atoms with Crippen molar-refractivity contribution in [2.75, 3.05) is 18.7 Å². The SMILES string of the molecule is CCCOC(=O)C(C)(C)N[P@@](=O)(CO[C@H](C)Cn1cnc2c(N)ncnc21)NC(=O)c1ccc(Cl)cc1. The molecule has 0 bridgehead atoms. The highest BCUT2D eigenvalue weighted by Crippen LogP contribution is 2.40. The first-order valence-corrected chi connectivity index (χ1v) is 13.9. The van der Waals surface area contributed by atoms with E-state index in [4.69, 9.17) is 26.8 Å². The van der Waals surface area contributed by atoms with Crippen molar-refractivity contribution in [3.05, 3.63) is 47.5 Å². The van der Waals surface area contributed by atoms with E-state index in [1.165, 1.54) is 32.3 Å². The summed E-state index contributed by atoms with van der Waals surface area (Å²) in [5, 5.41) is 5.76. The maximum Gasteiger partial charge on any atom is 0.326 e. The number of ether oxygens (including phenoxy) is 2. The van der Waals surface area contributed by atoms with Crippen LogP contribution in [-0.4, -0.2) is 56.0 Å². The van der Waals surface area contributed by atoms with E-state index in [2.05, 4.69) is 25.1 Å². The summed E-state index contributed by atoms with van der Waals surface area (Å²) in [5.74, 6) is -0.965. The molecule has 0 radical (unpaired) electrons. The molecule has 2 atom stereocenters. The number of esters is 1. The Morgan fingerprint density at radius 1 is 1.22 bits per heavy atom. The second-order valence-corrected chi connectivity index (χ2v) is 11.6. The van der Waals surface area contributed by atoms with Gasteiger partial charge in [0, 0.05) is 10.6 Å². The minimum Gasteiger partial charge on any atom is -0.464 e. The zero-order valence-electron chi connectivity index (χ0n) is 21.1. The van der Waals surface area contributed by atoms with Crippen molar-refractivity contribution in [2.45, 2.75) is 52.3 Å². The normalized spacial score (nSPS) is 14.2. The van der Waals surface area contributed by atoms with E-state index in [0.717, 1.165) is 0 Å². The number of fused-ring (bicyclic) bond motifs is 1. The van der Waals surface area contributed by atoms with Crippen LogP contribution in [0.1, 0.15) is 44.5 Å². The predicted molar refractivity (Wildman–Crippen MR) is 140 cm³/mol. The van der Waals surface area contributed by atoms with Crippen LogP contribution >= 0.6 is 19.0 Å². The molecule has 3 rings (SSSR count). The molecule has 12 nitrogen and oxygen atoms in total. The molecule has 0 spiro atoms. The molecule has 0 aliphatic rings. The Morgan fingerprint density at radius 2 is 1.92 bits per heavy atom. The molecule has 4 N–H and O–H groups in total. The van der Waals surface area contributed by atoms with Gasteiger partial charge in [-0.3, -0.25) is 19.2 Å². The lowest BCUT2D eigenvalue weighted by Crippen LogP contribution is -2.49. The maximum atomic E-state index is 14.0. The summed E-state index contributed by atoms with van der Waals surface area (Å²) in [4.78, 5) is 37.8. The Balaban J connectivity index is 1.76. The van der Waals surface area contributed by atoms with Gasteiger partial charge in [-0.15, -0.1) is 0 Å². The Morgan fingerprint density at radius 3 is 2.59 bits per heavy atom. The summed E-state index contributed by atoms with van der Waals surface area (Å²) in [7, 11) is -3.84. The standard InChI is InChI=1S/C23H31ClN7O5P/c1-5-10-35-22(33)23(3,4)30-37(34,29-21(32)16-6-8-17(24)9-7-16)14-36-15(2)11-31-13-28-18-19(25)26-12-27-20(18)31/h6-9,12-13,15H,5,10-11,14H2,1-4H3,(H2,25,26,27)(H2,29,30,32,34)/t15-,37-/m1/s1. The summed E-state index contributed by atoms with van der Waals surface area (Å²) < 4.78 is 26.8. The molecule has 0 aliphatic heterocycles. The van der Waals surface area contributed by atoms with Crippen molar-refractivity contribution in [3.63, 3.8) is 0 Å². The van der Waals surface area contributed by atoms with Crippen LogP contribution in [0.4, 0.5) is 5.82 Å². The van der Waals surface area contributed by atoms with Gasteiger partial charge < -0.3 is 19.8 Å². The highest BCUT2D eigenvalue weighted by molar-refractivity contribution is 7.60. The zero-order valence-corrected chi connectivity index (χ0v) is 22.8. The molecule has 37 heavy (non-hydrogen) atoms. The Kier molecular flexibility index (Phi) is 9.25. The Labute approximate surface area is 219 Å². The number of rotatable bonds is 12. The van der Waals surface area contributed by atoms with Crippen molar-refractivity contribution in [1.82, 2.24) is 29.7 Å². The molecule has 2 heterocycles. The Hall–Kier alpha value is -3.05. The van der Waals surface area contributed by atoms with Gasteiger partial charge in [-0.25, -0.2) is 20.0 Å². The summed E-state index contributed by atoms with van der Waals surface area (Å²) >= 11 is 5.91. The smallest absolute Gasteiger partial charge is 0.326 e. The van der Waals surface area contributed by atoms with Crippen LogP contribution in [0.15, 0.2) is 36.9 Å². The molecule has 2 aromatic heterocycles. The van der Waals surface area contributed by atoms with Crippen LogP contribution in [0.2, 0.25) is 5.02 Å². The van der Waals surface area contributed by atoms with Gasteiger partial charge in [0.25, 0.3) is 13.4 Å². The van der Waals surface area contributed by atoms with Gasteiger partial charge in [-0.05, 0) is 51.5 Å². The topological polar surface area (TPSA) is 163 Å². The van der Waals surface area contributed by atoms with Gasteiger partial charge in [0.1, 0.15) is 23.7 Å². The van der Waals surface area contributed by atoms with Crippen LogP contribution in [0.25, 0.3) is 11.2 Å². The van der Waals surface area contributed by atoms with Crippen LogP contribution in [0.5, 0.6) is 0 Å². The number of benzene rings is 1. The fraction of sp³-hybridized carbons (Fsp3) is 0.435. The number of anilines is 1. The van der Waals surface area contributed by atoms with Crippen molar-refractivity contribution in [3.8, 4) is 0 Å². The minimum absolute atomic E-state index is 0.214. The summed E-state index contributed by atoms with van der Waals surface area (Å²) in [6.45, 7) is 7.20. The van der Waals surface area contributed by atoms with Gasteiger partial charge >= 0.3 is 5.97 Å². The van der Waals surface area contributed by atoms with Gasteiger partial charge in [-0.1, -0.05) is 18.5 Å². The molecule has 1 aromatic carbocycles. The van der Waals surface area contributed by atoms with Crippen LogP contribution in [-0.2, 0) is 25.4 Å². The van der Waals surface area contributed by atoms with Crippen LogP contribution < -0.4 is 15.9 Å². The third-order valence-electron chi connectivity index (χ3n) is 5.22. The number of hydrogen-bond acceptors (Lipinski definition) is 9. The average molecular weight is 552 g/mol. The number of nitrogens with one attached hydrogen (secondary N) is 2. The van der Waals surface area contributed by atoms with Gasteiger partial charge in [0.2, 0.25) is 0 Å². The fourth-order valence-corrected chi connectivity index (χ4v) is 5.62. The van der Waals surface area contributed by atoms with E-state index in [0.29, 0.717) is 29.2 Å². The number of nitrogen functional groups attached to an aromatic ring is 1. The molecule has 0 aliphatic carbocycles. The molecule has 3 aromatic rings. The van der Waals surface area contributed by atoms with E-state index in [1.807, 2.05) is 6.92 Å². The average Bonchev–Trinajstić information content (AvgIpc) is 3.25. The molecule has 0 fully saturated rings. The highest BCUT2D eigenvalue weighted by Gasteiger charge is 2.39. The number of nitrogens with zero attached hydrogens (tertiary/aromatic N) is 4. The molecular weight excluding hydrogens is 521 g/mol. The lowest BCUT2D eigenvalue weighted by atomic mass is 10.1. The molecule has 14 heteroatoms. The van der Waals surface area contributed by atoms with Crippen molar-refractivity contribution in [1.29, 1.82) is 0 Å². The second kappa shape index (κ2) is 12.0. The van der Waals surface area contributed by atoms with E-state index in [1.54, 1.807) is 30.0 Å². The molecule has 0 unspecified atom stereocenters. The number of carbonyl (C=O) groups excluding carboxylic acids is 2. The van der Waals surface area contributed by atoms with E-state index in [9.17, 15) is 14.2 Å². The van der Waals surface area contributed by atoms with Crippen LogP contribution in [0, 0.1) is 0 Å². The van der Waals surface area contributed by atoms with Crippen molar-refractivity contribution < 1.29 is 23.6 Å². The summed E-state index contributed by atoms with van der Waals surface area (Å²) in [6, 6.07) is 6.10. The van der Waals surface area contributed by atoms with E-state index < -0.39 is 37.3 Å². The number of nitrogens with two attached hydrogens (primary N) is 1. The zero-order chi connectivity index (χ0) is 27.2. The molecule has 200 valence electrons. The quantitative estimate of drug-likeness (QED) is 0.224. The third kappa shape index (κ3) is 7.48. The first-order chi connectivity index (χ1) is 17.4. The number of halogens is 1. The Bertz CT molecular complexity index is 1300. The number of carbonyl (C=O) groups is 2. The number of aromatic nitrogens is 4. The van der Waals surface area contributed by atoms with Crippen LogP contribution in [0.3, 0.4) is 0 Å². The molecule has 0 saturated heterocycles. The predicted octanol–water partition coefficient (Wildman–Crippen LogP) is 3.37. The number of hydrogen-bond donors (Lipinski definition) is 3. The van der Waals surface area contributed by atoms with Crippen molar-refractivity contribution in [2.24, 2.45) is 0 Å². The maximum absolute atomic E-state index is 14.0. The van der Waals surface area contributed by atoms with Gasteiger partial charge in [0.15, 0.2) is 11.5 Å². The highest BCUT2D eigenvalue weighted by atomic mass is 35.5. The summed E-state index contributed by atoms with van der Waals surface area (Å²) in [6.07, 6.45) is 2.65. The van der Waals surface area contributed by atoms with E-state index >= 15 is 0 Å². The molecular formula is C23H31ClN7O5P.